The summed E-state index contributed by atoms with van der Waals surface area (Å²) < 4.78 is 0. The highest BCUT2D eigenvalue weighted by Crippen LogP contribution is 2.19. The summed E-state index contributed by atoms with van der Waals surface area (Å²) in [4.78, 5) is 15.5. The predicted molar refractivity (Wildman–Crippen MR) is 85.7 cm³/mol. The Morgan fingerprint density at radius 2 is 1.95 bits per heavy atom. The first-order valence-electron chi connectivity index (χ1n) is 7.69. The lowest BCUT2D eigenvalue weighted by Gasteiger charge is -2.35. The molecule has 0 bridgehead atoms. The lowest BCUT2D eigenvalue weighted by molar-refractivity contribution is -0.114. The molecular formula is C16H25N3O3. The van der Waals surface area contributed by atoms with Crippen molar-refractivity contribution in [3.8, 4) is 0 Å². The van der Waals surface area contributed by atoms with Crippen molar-refractivity contribution in [2.75, 3.05) is 51.2 Å². The second kappa shape index (κ2) is 8.24. The summed E-state index contributed by atoms with van der Waals surface area (Å²) in [7, 11) is 0. The molecule has 3 N–H and O–H groups in total. The highest BCUT2D eigenvalue weighted by atomic mass is 16.3. The maximum Gasteiger partial charge on any atom is 0.221 e. The average molecular weight is 307 g/mol. The van der Waals surface area contributed by atoms with E-state index in [-0.39, 0.29) is 12.5 Å². The Labute approximate surface area is 131 Å². The molecule has 0 saturated carbocycles. The Morgan fingerprint density at radius 3 is 2.59 bits per heavy atom. The number of hydrogen-bond donors (Lipinski definition) is 3. The average Bonchev–Trinajstić information content (AvgIpc) is 2.49. The molecule has 6 nitrogen and oxygen atoms in total. The maximum atomic E-state index is 11.1. The van der Waals surface area contributed by atoms with E-state index in [1.165, 1.54) is 6.92 Å². The molecule has 1 amide bonds. The lowest BCUT2D eigenvalue weighted by Crippen LogP contribution is -2.48. The van der Waals surface area contributed by atoms with Gasteiger partial charge in [-0.1, -0.05) is 12.1 Å². The number of carbonyl (C=O) groups excluding carboxylic acids is 1. The largest absolute Gasteiger partial charge is 0.395 e. The number of benzene rings is 1. The fourth-order valence-electron chi connectivity index (χ4n) is 2.71. The molecule has 1 unspecified atom stereocenters. The fourth-order valence-corrected chi connectivity index (χ4v) is 2.71. The Hall–Kier alpha value is -1.47. The normalized spacial score (nSPS) is 18.1. The van der Waals surface area contributed by atoms with E-state index in [1.54, 1.807) is 0 Å². The van der Waals surface area contributed by atoms with Crippen molar-refractivity contribution < 1.29 is 15.0 Å². The Morgan fingerprint density at radius 1 is 1.27 bits per heavy atom. The smallest absolute Gasteiger partial charge is 0.221 e. The monoisotopic (exact) mass is 307 g/mol. The number of piperazine rings is 1. The van der Waals surface area contributed by atoms with Crippen LogP contribution in [0.3, 0.4) is 0 Å². The van der Waals surface area contributed by atoms with Gasteiger partial charge < -0.3 is 15.5 Å². The molecule has 1 heterocycles. The van der Waals surface area contributed by atoms with Crippen LogP contribution in [0.2, 0.25) is 0 Å². The molecule has 0 radical (unpaired) electrons. The fraction of sp³-hybridized carbons (Fsp3) is 0.562. The van der Waals surface area contributed by atoms with Crippen LogP contribution < -0.4 is 5.32 Å². The van der Waals surface area contributed by atoms with E-state index in [4.69, 9.17) is 5.11 Å². The van der Waals surface area contributed by atoms with Gasteiger partial charge in [-0.05, 0) is 17.7 Å². The van der Waals surface area contributed by atoms with Crippen LogP contribution in [0.1, 0.15) is 18.6 Å². The van der Waals surface area contributed by atoms with Crippen molar-refractivity contribution in [3.63, 3.8) is 0 Å². The van der Waals surface area contributed by atoms with E-state index in [0.717, 1.165) is 38.3 Å². The standard InChI is InChI=1S/C16H25N3O3/c1-13(21)17-15-4-2-3-14(11-15)16(22)12-19-7-5-18(6-8-19)9-10-20/h2-4,11,16,20,22H,5-10,12H2,1H3,(H,17,21). The number of aliphatic hydroxyl groups excluding tert-OH is 2. The van der Waals surface area contributed by atoms with Gasteiger partial charge in [0.2, 0.25) is 5.91 Å². The van der Waals surface area contributed by atoms with E-state index < -0.39 is 6.10 Å². The van der Waals surface area contributed by atoms with Crippen molar-refractivity contribution in [2.45, 2.75) is 13.0 Å². The minimum atomic E-state index is -0.571. The van der Waals surface area contributed by atoms with E-state index in [1.807, 2.05) is 24.3 Å². The molecule has 22 heavy (non-hydrogen) atoms. The molecule has 1 aromatic rings. The highest BCUT2D eigenvalue weighted by Gasteiger charge is 2.19. The summed E-state index contributed by atoms with van der Waals surface area (Å²) in [5, 5.41) is 22.1. The third-order valence-corrected chi connectivity index (χ3v) is 3.90. The molecule has 1 atom stereocenters. The Balaban J connectivity index is 1.87. The molecule has 1 aromatic carbocycles. The molecule has 6 heteroatoms. The van der Waals surface area contributed by atoms with Gasteiger partial charge in [0.05, 0.1) is 12.7 Å². The molecule has 2 rings (SSSR count). The van der Waals surface area contributed by atoms with E-state index in [2.05, 4.69) is 15.1 Å². The van der Waals surface area contributed by atoms with Crippen molar-refractivity contribution in [1.29, 1.82) is 0 Å². The zero-order valence-electron chi connectivity index (χ0n) is 13.0. The predicted octanol–water partition coefficient (Wildman–Crippen LogP) is 0.288. The molecular weight excluding hydrogens is 282 g/mol. The van der Waals surface area contributed by atoms with Crippen molar-refractivity contribution in [1.82, 2.24) is 9.80 Å². The van der Waals surface area contributed by atoms with Gasteiger partial charge in [-0.25, -0.2) is 0 Å². The van der Waals surface area contributed by atoms with Crippen molar-refractivity contribution >= 4 is 11.6 Å². The maximum absolute atomic E-state index is 11.1. The number of carbonyl (C=O) groups is 1. The van der Waals surface area contributed by atoms with Gasteiger partial charge >= 0.3 is 0 Å². The number of aliphatic hydroxyl groups is 2. The molecule has 1 fully saturated rings. The zero-order chi connectivity index (χ0) is 15.9. The molecule has 122 valence electrons. The summed E-state index contributed by atoms with van der Waals surface area (Å²) in [6.07, 6.45) is -0.571. The minimum Gasteiger partial charge on any atom is -0.395 e. The topological polar surface area (TPSA) is 76.0 Å². The van der Waals surface area contributed by atoms with Gasteiger partial charge in [0.25, 0.3) is 0 Å². The number of hydrogen-bond acceptors (Lipinski definition) is 5. The second-order valence-electron chi connectivity index (χ2n) is 5.69. The van der Waals surface area contributed by atoms with Crippen LogP contribution >= 0.6 is 0 Å². The van der Waals surface area contributed by atoms with Gasteiger partial charge in [0.15, 0.2) is 0 Å². The van der Waals surface area contributed by atoms with Gasteiger partial charge in [-0.3, -0.25) is 14.6 Å². The van der Waals surface area contributed by atoms with Crippen molar-refractivity contribution in [3.05, 3.63) is 29.8 Å². The minimum absolute atomic E-state index is 0.119. The third-order valence-electron chi connectivity index (χ3n) is 3.90. The Bertz CT molecular complexity index is 487. The summed E-state index contributed by atoms with van der Waals surface area (Å²) in [6, 6.07) is 7.33. The first kappa shape index (κ1) is 16.9. The lowest BCUT2D eigenvalue weighted by atomic mass is 10.1. The number of rotatable bonds is 6. The van der Waals surface area contributed by atoms with Crippen LogP contribution in [-0.4, -0.2) is 71.8 Å². The highest BCUT2D eigenvalue weighted by molar-refractivity contribution is 5.88. The van der Waals surface area contributed by atoms with Gasteiger partial charge in [-0.2, -0.15) is 0 Å². The van der Waals surface area contributed by atoms with Gasteiger partial charge in [0.1, 0.15) is 0 Å². The van der Waals surface area contributed by atoms with Crippen LogP contribution in [0.15, 0.2) is 24.3 Å². The summed E-state index contributed by atoms with van der Waals surface area (Å²) in [5.41, 5.74) is 1.51. The van der Waals surface area contributed by atoms with Crippen LogP contribution in [0.25, 0.3) is 0 Å². The number of amides is 1. The summed E-state index contributed by atoms with van der Waals surface area (Å²) in [5.74, 6) is -0.119. The third kappa shape index (κ3) is 5.06. The van der Waals surface area contributed by atoms with Gasteiger partial charge in [0, 0.05) is 51.9 Å². The number of anilines is 1. The second-order valence-corrected chi connectivity index (χ2v) is 5.69. The summed E-state index contributed by atoms with van der Waals surface area (Å²) >= 11 is 0. The van der Waals surface area contributed by atoms with Crippen molar-refractivity contribution in [2.24, 2.45) is 0 Å². The molecule has 0 spiro atoms. The van der Waals surface area contributed by atoms with Crippen LogP contribution in [0, 0.1) is 0 Å². The molecule has 0 aromatic heterocycles. The molecule has 1 aliphatic heterocycles. The van der Waals surface area contributed by atoms with Crippen LogP contribution in [0.5, 0.6) is 0 Å². The first-order chi connectivity index (χ1) is 10.6. The molecule has 0 aliphatic carbocycles. The SMILES string of the molecule is CC(=O)Nc1cccc(C(O)CN2CCN(CCO)CC2)c1. The molecule has 1 aliphatic rings. The van der Waals surface area contributed by atoms with Crippen LogP contribution in [-0.2, 0) is 4.79 Å². The number of β-amino-alcohol motifs (C(OH)–C–C–N with tert-alkyl or cyclic N) is 2. The van der Waals surface area contributed by atoms with Crippen LogP contribution in [0.4, 0.5) is 5.69 Å². The molecule has 1 saturated heterocycles. The van der Waals surface area contributed by atoms with E-state index in [9.17, 15) is 9.90 Å². The van der Waals surface area contributed by atoms with Gasteiger partial charge in [-0.15, -0.1) is 0 Å². The van der Waals surface area contributed by atoms with E-state index >= 15 is 0 Å². The summed E-state index contributed by atoms with van der Waals surface area (Å²) in [6.45, 7) is 6.57. The number of nitrogens with one attached hydrogen (secondary N) is 1. The number of nitrogens with zero attached hydrogens (tertiary/aromatic N) is 2. The van der Waals surface area contributed by atoms with E-state index in [0.29, 0.717) is 12.2 Å². The zero-order valence-corrected chi connectivity index (χ0v) is 13.0. The quantitative estimate of drug-likeness (QED) is 0.704. The first-order valence-corrected chi connectivity index (χ1v) is 7.69. The Kier molecular flexibility index (Phi) is 6.33.